The highest BCUT2D eigenvalue weighted by atomic mass is 16.6. The number of aliphatic hydroxyl groups is 2. The molecule has 4 atom stereocenters. The molecule has 0 spiro atoms. The van der Waals surface area contributed by atoms with Crippen LogP contribution in [0.2, 0.25) is 0 Å². The maximum Gasteiger partial charge on any atom is 0.336 e. The number of hydrogen-bond acceptors (Lipinski definition) is 7. The third-order valence-corrected chi connectivity index (χ3v) is 4.23. The summed E-state index contributed by atoms with van der Waals surface area (Å²) >= 11 is 0. The minimum atomic E-state index is -1.72. The van der Waals surface area contributed by atoms with E-state index >= 15 is 0 Å². The lowest BCUT2D eigenvalue weighted by Gasteiger charge is -2.41. The van der Waals surface area contributed by atoms with E-state index in [1.54, 1.807) is 19.1 Å². The molecule has 0 aliphatic heterocycles. The normalized spacial score (nSPS) is 28.8. The lowest BCUT2D eigenvalue weighted by Crippen LogP contribution is -2.58. The van der Waals surface area contributed by atoms with Gasteiger partial charge in [0.15, 0.2) is 5.60 Å². The second-order valence-corrected chi connectivity index (χ2v) is 6.10. The number of carbonyl (C=O) groups is 2. The van der Waals surface area contributed by atoms with Gasteiger partial charge in [-0.3, -0.25) is 0 Å². The zero-order valence-electron chi connectivity index (χ0n) is 14.2. The highest BCUT2D eigenvalue weighted by Gasteiger charge is 2.52. The molecule has 26 heavy (non-hydrogen) atoms. The summed E-state index contributed by atoms with van der Waals surface area (Å²) in [6.45, 7) is 1.71. The van der Waals surface area contributed by atoms with Crippen LogP contribution in [0, 0.1) is 0 Å². The van der Waals surface area contributed by atoms with Gasteiger partial charge in [0.25, 0.3) is 0 Å². The van der Waals surface area contributed by atoms with Gasteiger partial charge >= 0.3 is 11.9 Å². The van der Waals surface area contributed by atoms with E-state index in [9.17, 15) is 30.0 Å². The second kappa shape index (κ2) is 8.31. The standard InChI is InChI=1S/C18H22O8/c1-2-25-18(17(23)24)9-13(20)16(22)14(10-18)26-15(21)8-5-11-3-6-12(19)7-4-11/h3-8,13-14,16,19-20,22H,2,9-10H2,1H3,(H,23,24)/t13-,14+,16+,18-/m0/s1. The molecule has 8 heteroatoms. The van der Waals surface area contributed by atoms with Crippen LogP contribution in [0.1, 0.15) is 25.3 Å². The number of aliphatic hydroxyl groups excluding tert-OH is 2. The molecule has 1 aliphatic rings. The summed E-state index contributed by atoms with van der Waals surface area (Å²) in [6, 6.07) is 6.08. The highest BCUT2D eigenvalue weighted by Crippen LogP contribution is 2.34. The molecule has 0 amide bonds. The number of carbonyl (C=O) groups excluding carboxylic acids is 1. The zero-order valence-corrected chi connectivity index (χ0v) is 14.2. The quantitative estimate of drug-likeness (QED) is 0.427. The van der Waals surface area contributed by atoms with Gasteiger partial charge in [0, 0.05) is 25.5 Å². The van der Waals surface area contributed by atoms with E-state index in [0.29, 0.717) is 5.56 Å². The SMILES string of the molecule is CCO[C@@]1(C(=O)O)C[C@H](O)[C@@H](O)[C@H](OC(=O)C=Cc2ccc(O)cc2)C1. The molecule has 0 radical (unpaired) electrons. The van der Waals surface area contributed by atoms with Crippen LogP contribution < -0.4 is 0 Å². The number of carboxylic acid groups (broad SMARTS) is 1. The molecular formula is C18H22O8. The maximum atomic E-state index is 12.0. The molecule has 0 unspecified atom stereocenters. The fourth-order valence-electron chi connectivity index (χ4n) is 2.92. The highest BCUT2D eigenvalue weighted by molar-refractivity contribution is 5.87. The first-order valence-electron chi connectivity index (χ1n) is 8.18. The summed E-state index contributed by atoms with van der Waals surface area (Å²) in [4.78, 5) is 23.6. The number of hydrogen-bond donors (Lipinski definition) is 4. The van der Waals surface area contributed by atoms with Crippen molar-refractivity contribution in [2.75, 3.05) is 6.61 Å². The summed E-state index contributed by atoms with van der Waals surface area (Å²) < 4.78 is 10.4. The third-order valence-electron chi connectivity index (χ3n) is 4.23. The lowest BCUT2D eigenvalue weighted by molar-refractivity contribution is -0.206. The van der Waals surface area contributed by atoms with E-state index in [0.717, 1.165) is 6.08 Å². The predicted octanol–water partition coefficient (Wildman–Crippen LogP) is 0.693. The summed E-state index contributed by atoms with van der Waals surface area (Å²) in [5, 5.41) is 38.7. The van der Waals surface area contributed by atoms with Gasteiger partial charge in [-0.1, -0.05) is 12.1 Å². The molecule has 1 aliphatic carbocycles. The van der Waals surface area contributed by atoms with Crippen LogP contribution in [0.25, 0.3) is 6.08 Å². The van der Waals surface area contributed by atoms with E-state index in [1.165, 1.54) is 18.2 Å². The van der Waals surface area contributed by atoms with E-state index in [2.05, 4.69) is 0 Å². The minimum Gasteiger partial charge on any atom is -0.508 e. The Morgan fingerprint density at radius 3 is 2.46 bits per heavy atom. The predicted molar refractivity (Wildman–Crippen MR) is 90.3 cm³/mol. The van der Waals surface area contributed by atoms with Crippen molar-refractivity contribution in [2.24, 2.45) is 0 Å². The molecule has 1 aromatic carbocycles. The number of rotatable bonds is 6. The van der Waals surface area contributed by atoms with Crippen molar-refractivity contribution in [1.82, 2.24) is 0 Å². The van der Waals surface area contributed by atoms with E-state index in [1.807, 2.05) is 0 Å². The first-order chi connectivity index (χ1) is 12.3. The average molecular weight is 366 g/mol. The number of ether oxygens (including phenoxy) is 2. The van der Waals surface area contributed by atoms with Crippen LogP contribution in [0.4, 0.5) is 0 Å². The summed E-state index contributed by atoms with van der Waals surface area (Å²) in [6.07, 6.45) is -2.04. The van der Waals surface area contributed by atoms with Crippen molar-refractivity contribution in [1.29, 1.82) is 0 Å². The molecule has 2 rings (SSSR count). The number of esters is 1. The maximum absolute atomic E-state index is 12.0. The van der Waals surface area contributed by atoms with E-state index < -0.39 is 35.9 Å². The lowest BCUT2D eigenvalue weighted by atomic mass is 9.79. The van der Waals surface area contributed by atoms with E-state index in [4.69, 9.17) is 9.47 Å². The first kappa shape index (κ1) is 19.9. The Morgan fingerprint density at radius 1 is 1.23 bits per heavy atom. The van der Waals surface area contributed by atoms with Gasteiger partial charge in [0.1, 0.15) is 18.0 Å². The third kappa shape index (κ3) is 4.60. The Morgan fingerprint density at radius 2 is 1.88 bits per heavy atom. The fraction of sp³-hybridized carbons (Fsp3) is 0.444. The molecule has 1 saturated carbocycles. The number of benzene rings is 1. The Labute approximate surface area is 150 Å². The van der Waals surface area contributed by atoms with Gasteiger partial charge in [0.05, 0.1) is 6.10 Å². The largest absolute Gasteiger partial charge is 0.508 e. The molecule has 0 aromatic heterocycles. The topological polar surface area (TPSA) is 134 Å². The second-order valence-electron chi connectivity index (χ2n) is 6.10. The Bertz CT molecular complexity index is 668. The molecule has 1 aromatic rings. The first-order valence-corrected chi connectivity index (χ1v) is 8.18. The van der Waals surface area contributed by atoms with Gasteiger partial charge in [-0.2, -0.15) is 0 Å². The zero-order chi connectivity index (χ0) is 19.3. The van der Waals surface area contributed by atoms with Gasteiger partial charge in [-0.25, -0.2) is 9.59 Å². The molecule has 1 fully saturated rings. The van der Waals surface area contributed by atoms with Crippen molar-refractivity contribution in [3.05, 3.63) is 35.9 Å². The summed E-state index contributed by atoms with van der Waals surface area (Å²) in [5.41, 5.74) is -1.09. The Kier molecular flexibility index (Phi) is 6.36. The molecule has 4 N–H and O–H groups in total. The summed E-state index contributed by atoms with van der Waals surface area (Å²) in [5.74, 6) is -2.00. The van der Waals surface area contributed by atoms with Crippen molar-refractivity contribution >= 4 is 18.0 Å². The fourth-order valence-corrected chi connectivity index (χ4v) is 2.92. The van der Waals surface area contributed by atoms with Crippen LogP contribution in [0.3, 0.4) is 0 Å². The number of aromatic hydroxyl groups is 1. The number of phenols is 1. The van der Waals surface area contributed by atoms with Crippen molar-refractivity contribution in [2.45, 2.75) is 43.7 Å². The number of carboxylic acids is 1. The van der Waals surface area contributed by atoms with Crippen molar-refractivity contribution in [3.63, 3.8) is 0 Å². The number of aliphatic carboxylic acids is 1. The number of phenolic OH excluding ortho intramolecular Hbond substituents is 1. The Balaban J connectivity index is 2.08. The molecule has 0 saturated heterocycles. The van der Waals surface area contributed by atoms with Crippen LogP contribution in [0.5, 0.6) is 5.75 Å². The monoisotopic (exact) mass is 366 g/mol. The van der Waals surface area contributed by atoms with E-state index in [-0.39, 0.29) is 25.2 Å². The Hall–Kier alpha value is -2.42. The van der Waals surface area contributed by atoms with Crippen molar-refractivity contribution in [3.8, 4) is 5.75 Å². The average Bonchev–Trinajstić information content (AvgIpc) is 2.59. The van der Waals surface area contributed by atoms with Crippen LogP contribution >= 0.6 is 0 Å². The molecule has 0 bridgehead atoms. The van der Waals surface area contributed by atoms with Crippen LogP contribution in [-0.4, -0.2) is 62.9 Å². The van der Waals surface area contributed by atoms with Crippen molar-refractivity contribution < 1.29 is 39.5 Å². The molecular weight excluding hydrogens is 344 g/mol. The van der Waals surface area contributed by atoms with Gasteiger partial charge < -0.3 is 29.9 Å². The molecule has 8 nitrogen and oxygen atoms in total. The smallest absolute Gasteiger partial charge is 0.336 e. The minimum absolute atomic E-state index is 0.0879. The summed E-state index contributed by atoms with van der Waals surface area (Å²) in [7, 11) is 0. The van der Waals surface area contributed by atoms with Gasteiger partial charge in [-0.15, -0.1) is 0 Å². The van der Waals surface area contributed by atoms with Crippen LogP contribution in [0.15, 0.2) is 30.3 Å². The van der Waals surface area contributed by atoms with Gasteiger partial charge in [0.2, 0.25) is 0 Å². The van der Waals surface area contributed by atoms with Crippen LogP contribution in [-0.2, 0) is 19.1 Å². The molecule has 142 valence electrons. The molecule has 0 heterocycles. The van der Waals surface area contributed by atoms with Gasteiger partial charge in [-0.05, 0) is 30.7 Å².